The van der Waals surface area contributed by atoms with Crippen molar-refractivity contribution in [2.24, 2.45) is 10.8 Å². The first-order chi connectivity index (χ1) is 19.4. The van der Waals surface area contributed by atoms with Crippen LogP contribution in [0, 0.1) is 10.8 Å². The molecule has 8 heteroatoms. The average molecular weight is 551 g/mol. The Morgan fingerprint density at radius 3 is 1.44 bits per heavy atom. The first kappa shape index (κ1) is 27.5. The second-order valence-corrected chi connectivity index (χ2v) is 13.1. The number of likely N-dealkylation sites (tertiary alicyclic amines) is 2. The maximum absolute atomic E-state index is 11.7. The first-order valence-electron chi connectivity index (χ1n) is 14.5. The predicted octanol–water partition coefficient (Wildman–Crippen LogP) is 5.83. The monoisotopic (exact) mass is 550 g/mol. The Morgan fingerprint density at radius 1 is 0.683 bits per heavy atom. The number of piperidine rings is 2. The normalized spacial score (nSPS) is 24.8. The van der Waals surface area contributed by atoms with Crippen molar-refractivity contribution in [1.82, 2.24) is 29.7 Å². The standard InChI is InChI=1S/C33H38N6O2/c1-20(24-7-9-26-28(11-24)34-13-30(36-26)22(3)40)38-16-32(5)15-33(6,17-38)19-39(18-32)21(2)25-8-10-27-29(12-25)35-14-31(37-27)23(4)41/h7-14,20-21H,15-19H2,1-6H3. The number of benzene rings is 2. The van der Waals surface area contributed by atoms with Crippen LogP contribution in [-0.2, 0) is 0 Å². The largest absolute Gasteiger partial charge is 0.295 e. The van der Waals surface area contributed by atoms with Crippen LogP contribution in [0.1, 0.15) is 92.2 Å². The number of aromatic nitrogens is 4. The SMILES string of the molecule is CC(=O)c1cnc2cc(C(C)N3CC4(C)CN(C(C)c5ccc6nc(C(C)=O)cnc6c5)CC(C)(C3)C4)ccc2n1. The van der Waals surface area contributed by atoms with Crippen molar-refractivity contribution >= 4 is 33.6 Å². The molecule has 4 heterocycles. The molecule has 2 unspecified atom stereocenters. The highest BCUT2D eigenvalue weighted by Gasteiger charge is 2.50. The van der Waals surface area contributed by atoms with E-state index in [4.69, 9.17) is 0 Å². The Balaban J connectivity index is 1.21. The molecule has 0 amide bonds. The number of ketones is 2. The lowest BCUT2D eigenvalue weighted by molar-refractivity contribution is -0.0956. The van der Waals surface area contributed by atoms with Crippen LogP contribution in [0.4, 0.5) is 0 Å². The minimum Gasteiger partial charge on any atom is -0.295 e. The van der Waals surface area contributed by atoms with Gasteiger partial charge >= 0.3 is 0 Å². The zero-order chi connectivity index (χ0) is 29.1. The molecule has 0 aliphatic carbocycles. The molecule has 6 rings (SSSR count). The Bertz CT molecular complexity index is 1550. The van der Waals surface area contributed by atoms with Gasteiger partial charge in [0.05, 0.1) is 34.5 Å². The van der Waals surface area contributed by atoms with Gasteiger partial charge in [-0.2, -0.15) is 0 Å². The molecule has 0 radical (unpaired) electrons. The highest BCUT2D eigenvalue weighted by atomic mass is 16.1. The van der Waals surface area contributed by atoms with E-state index in [1.54, 1.807) is 12.4 Å². The maximum Gasteiger partial charge on any atom is 0.179 e. The van der Waals surface area contributed by atoms with Crippen LogP contribution in [-0.4, -0.2) is 67.5 Å². The summed E-state index contributed by atoms with van der Waals surface area (Å²) in [5, 5.41) is 0. The minimum absolute atomic E-state index is 0.0703. The molecule has 0 N–H and O–H groups in total. The van der Waals surface area contributed by atoms with E-state index >= 15 is 0 Å². The zero-order valence-corrected chi connectivity index (χ0v) is 24.8. The lowest BCUT2D eigenvalue weighted by atomic mass is 9.64. The molecule has 0 spiro atoms. The third-order valence-electron chi connectivity index (χ3n) is 9.11. The Labute approximate surface area is 241 Å². The fourth-order valence-electron chi connectivity index (χ4n) is 7.31. The maximum atomic E-state index is 11.7. The Hall–Kier alpha value is -3.62. The third-order valence-corrected chi connectivity index (χ3v) is 9.11. The highest BCUT2D eigenvalue weighted by molar-refractivity contribution is 5.94. The Morgan fingerprint density at radius 2 is 1.07 bits per heavy atom. The summed E-state index contributed by atoms with van der Waals surface area (Å²) in [5.74, 6) is -0.141. The summed E-state index contributed by atoms with van der Waals surface area (Å²) >= 11 is 0. The van der Waals surface area contributed by atoms with E-state index in [1.165, 1.54) is 31.4 Å². The molecular weight excluding hydrogens is 512 g/mol. The first-order valence-corrected chi connectivity index (χ1v) is 14.5. The molecule has 2 saturated heterocycles. The smallest absolute Gasteiger partial charge is 0.179 e. The molecule has 2 aliphatic rings. The van der Waals surface area contributed by atoms with E-state index in [2.05, 4.69) is 81.7 Å². The number of hydrogen-bond donors (Lipinski definition) is 0. The molecular formula is C33H38N6O2. The van der Waals surface area contributed by atoms with Crippen molar-refractivity contribution in [3.05, 3.63) is 71.3 Å². The van der Waals surface area contributed by atoms with Gasteiger partial charge in [-0.15, -0.1) is 0 Å². The lowest BCUT2D eigenvalue weighted by Gasteiger charge is -2.59. The molecule has 212 valence electrons. The topological polar surface area (TPSA) is 92.2 Å². The molecule has 2 aromatic heterocycles. The van der Waals surface area contributed by atoms with E-state index in [0.29, 0.717) is 11.4 Å². The summed E-state index contributed by atoms with van der Waals surface area (Å²) in [5.41, 5.74) is 6.74. The second-order valence-electron chi connectivity index (χ2n) is 13.1. The van der Waals surface area contributed by atoms with Gasteiger partial charge in [0, 0.05) is 52.1 Å². The van der Waals surface area contributed by atoms with Crippen LogP contribution in [0.5, 0.6) is 0 Å². The van der Waals surface area contributed by atoms with Crippen molar-refractivity contribution < 1.29 is 9.59 Å². The second kappa shape index (κ2) is 10.0. The minimum atomic E-state index is -0.0703. The van der Waals surface area contributed by atoms with Crippen LogP contribution in [0.2, 0.25) is 0 Å². The van der Waals surface area contributed by atoms with Crippen molar-refractivity contribution in [3.63, 3.8) is 0 Å². The number of carbonyl (C=O) groups excluding carboxylic acids is 2. The van der Waals surface area contributed by atoms with Crippen molar-refractivity contribution in [2.75, 3.05) is 26.2 Å². The molecule has 2 atom stereocenters. The van der Waals surface area contributed by atoms with Crippen molar-refractivity contribution in [2.45, 2.75) is 60.0 Å². The van der Waals surface area contributed by atoms with Gasteiger partial charge in [0.1, 0.15) is 11.4 Å². The molecule has 41 heavy (non-hydrogen) atoms. The average Bonchev–Trinajstić information content (AvgIpc) is 2.93. The molecule has 8 nitrogen and oxygen atoms in total. The molecule has 2 aliphatic heterocycles. The number of Topliss-reactive ketones (excluding diaryl/α,β-unsaturated/α-hetero) is 2. The van der Waals surface area contributed by atoms with Gasteiger partial charge in [-0.1, -0.05) is 26.0 Å². The van der Waals surface area contributed by atoms with Crippen LogP contribution >= 0.6 is 0 Å². The molecule has 0 saturated carbocycles. The van der Waals surface area contributed by atoms with Gasteiger partial charge in [0.2, 0.25) is 0 Å². The predicted molar refractivity (Wildman–Crippen MR) is 160 cm³/mol. The lowest BCUT2D eigenvalue weighted by Crippen LogP contribution is -2.62. The van der Waals surface area contributed by atoms with Crippen LogP contribution < -0.4 is 0 Å². The van der Waals surface area contributed by atoms with Crippen molar-refractivity contribution in [1.29, 1.82) is 0 Å². The van der Waals surface area contributed by atoms with Crippen LogP contribution in [0.25, 0.3) is 22.1 Å². The zero-order valence-electron chi connectivity index (χ0n) is 24.8. The van der Waals surface area contributed by atoms with Gasteiger partial charge in [-0.05, 0) is 66.5 Å². The van der Waals surface area contributed by atoms with Crippen molar-refractivity contribution in [3.8, 4) is 0 Å². The van der Waals surface area contributed by atoms with Gasteiger partial charge in [0.15, 0.2) is 11.6 Å². The summed E-state index contributed by atoms with van der Waals surface area (Å²) in [6, 6.07) is 13.0. The fourth-order valence-corrected chi connectivity index (χ4v) is 7.31. The molecule has 2 aromatic carbocycles. The number of carbonyl (C=O) groups is 2. The van der Waals surface area contributed by atoms with Gasteiger partial charge in [-0.25, -0.2) is 9.97 Å². The summed E-state index contributed by atoms with van der Waals surface area (Å²) in [7, 11) is 0. The third kappa shape index (κ3) is 5.26. The van der Waals surface area contributed by atoms with E-state index in [1.807, 2.05) is 12.1 Å². The molecule has 2 bridgehead atoms. The molecule has 2 fully saturated rings. The molecule has 4 aromatic rings. The summed E-state index contributed by atoms with van der Waals surface area (Å²) < 4.78 is 0. The van der Waals surface area contributed by atoms with E-state index in [9.17, 15) is 9.59 Å². The summed E-state index contributed by atoms with van der Waals surface area (Å²) in [6.45, 7) is 16.6. The number of hydrogen-bond acceptors (Lipinski definition) is 8. The summed E-state index contributed by atoms with van der Waals surface area (Å²) in [4.78, 5) is 46.8. The fraction of sp³-hybridized carbons (Fsp3) is 0.455. The number of fused-ring (bicyclic) bond motifs is 4. The van der Waals surface area contributed by atoms with Gasteiger partial charge < -0.3 is 0 Å². The van der Waals surface area contributed by atoms with E-state index < -0.39 is 0 Å². The van der Waals surface area contributed by atoms with Crippen LogP contribution in [0.3, 0.4) is 0 Å². The highest BCUT2D eigenvalue weighted by Crippen LogP contribution is 2.49. The van der Waals surface area contributed by atoms with E-state index in [-0.39, 0.29) is 34.5 Å². The van der Waals surface area contributed by atoms with Gasteiger partial charge in [-0.3, -0.25) is 29.4 Å². The number of rotatable bonds is 6. The van der Waals surface area contributed by atoms with Gasteiger partial charge in [0.25, 0.3) is 0 Å². The Kier molecular flexibility index (Phi) is 6.74. The quantitative estimate of drug-likeness (QED) is 0.277. The van der Waals surface area contributed by atoms with E-state index in [0.717, 1.165) is 48.2 Å². The van der Waals surface area contributed by atoms with Crippen LogP contribution in [0.15, 0.2) is 48.8 Å². The number of nitrogens with zero attached hydrogens (tertiary/aromatic N) is 6. The summed E-state index contributed by atoms with van der Waals surface area (Å²) in [6.07, 6.45) is 4.36.